The largest absolute Gasteiger partial charge is 0.481 e. The number of aromatic amines is 1. The second-order valence-corrected chi connectivity index (χ2v) is 9.52. The third kappa shape index (κ3) is 3.77. The highest BCUT2D eigenvalue weighted by Gasteiger charge is 2.40. The number of fused-ring (bicyclic) bond motifs is 2. The Morgan fingerprint density at radius 3 is 2.72 bits per heavy atom. The van der Waals surface area contributed by atoms with Gasteiger partial charge in [0.25, 0.3) is 0 Å². The molecule has 4 N–H and O–H groups in total. The van der Waals surface area contributed by atoms with Crippen molar-refractivity contribution in [3.8, 4) is 0 Å². The number of anilines is 1. The van der Waals surface area contributed by atoms with Crippen LogP contribution in [-0.2, 0) is 17.5 Å². The molecule has 4 rings (SSSR count). The van der Waals surface area contributed by atoms with Crippen molar-refractivity contribution in [1.82, 2.24) is 14.9 Å². The van der Waals surface area contributed by atoms with E-state index in [9.17, 15) is 18.7 Å². The number of benzene rings is 1. The van der Waals surface area contributed by atoms with E-state index < -0.39 is 23.3 Å². The standard InChI is InChI=1S/C23H27F2N5O2/c1-22(2,3)17(10-18(31)32)28-23(4)15-6-7-30(5)21(15)27-20(29-23)14-11-26-19-13(14)8-12(24)9-16(19)25/h6-9,11,17,26,28H,10H2,1-5H3,(H,27,29)(H,31,32). The molecule has 32 heavy (non-hydrogen) atoms. The van der Waals surface area contributed by atoms with Crippen LogP contribution in [0.4, 0.5) is 14.6 Å². The maximum Gasteiger partial charge on any atom is 0.304 e. The van der Waals surface area contributed by atoms with E-state index in [0.717, 1.165) is 17.4 Å². The van der Waals surface area contributed by atoms with Gasteiger partial charge in [0.15, 0.2) is 0 Å². The van der Waals surface area contributed by atoms with Crippen LogP contribution in [0.3, 0.4) is 0 Å². The maximum absolute atomic E-state index is 14.3. The fraction of sp³-hybridized carbons (Fsp3) is 0.391. The van der Waals surface area contributed by atoms with Gasteiger partial charge in [-0.05, 0) is 24.5 Å². The number of halogens is 2. The van der Waals surface area contributed by atoms with Gasteiger partial charge in [-0.2, -0.15) is 0 Å². The van der Waals surface area contributed by atoms with Crippen LogP contribution in [-0.4, -0.2) is 32.5 Å². The smallest absolute Gasteiger partial charge is 0.304 e. The summed E-state index contributed by atoms with van der Waals surface area (Å²) in [7, 11) is 1.88. The molecule has 2 atom stereocenters. The number of H-pyrrole nitrogens is 1. The van der Waals surface area contributed by atoms with Crippen molar-refractivity contribution < 1.29 is 18.7 Å². The van der Waals surface area contributed by atoms with Crippen molar-refractivity contribution in [3.05, 3.63) is 53.4 Å². The Balaban J connectivity index is 1.85. The van der Waals surface area contributed by atoms with Gasteiger partial charge in [-0.3, -0.25) is 10.1 Å². The van der Waals surface area contributed by atoms with Gasteiger partial charge >= 0.3 is 5.97 Å². The Bertz CT molecular complexity index is 1240. The van der Waals surface area contributed by atoms with E-state index in [0.29, 0.717) is 16.8 Å². The number of aromatic nitrogens is 2. The zero-order chi connectivity index (χ0) is 23.4. The normalized spacial score (nSPS) is 19.4. The molecular weight excluding hydrogens is 416 g/mol. The first-order valence-electron chi connectivity index (χ1n) is 10.4. The molecule has 0 saturated carbocycles. The fourth-order valence-electron chi connectivity index (χ4n) is 4.18. The highest BCUT2D eigenvalue weighted by molar-refractivity contribution is 6.16. The van der Waals surface area contributed by atoms with Crippen molar-refractivity contribution in [2.45, 2.75) is 45.8 Å². The van der Waals surface area contributed by atoms with Gasteiger partial charge in [-0.15, -0.1) is 0 Å². The molecule has 170 valence electrons. The zero-order valence-corrected chi connectivity index (χ0v) is 18.7. The number of carbonyl (C=O) groups is 1. The molecule has 3 heterocycles. The Hall–Kier alpha value is -3.20. The number of aliphatic imine (C=N–C) groups is 1. The lowest BCUT2D eigenvalue weighted by atomic mass is 9.83. The van der Waals surface area contributed by atoms with Gasteiger partial charge in [0.2, 0.25) is 0 Å². The molecule has 2 unspecified atom stereocenters. The summed E-state index contributed by atoms with van der Waals surface area (Å²) in [5, 5.41) is 16.6. The van der Waals surface area contributed by atoms with Crippen LogP contribution in [0.25, 0.3) is 10.9 Å². The van der Waals surface area contributed by atoms with E-state index in [-0.39, 0.29) is 23.4 Å². The van der Waals surface area contributed by atoms with E-state index in [1.807, 2.05) is 51.6 Å². The summed E-state index contributed by atoms with van der Waals surface area (Å²) in [6.07, 6.45) is 3.39. The quantitative estimate of drug-likeness (QED) is 0.473. The second kappa shape index (κ2) is 7.44. The number of carboxylic acid groups (broad SMARTS) is 1. The molecule has 0 fully saturated rings. The van der Waals surface area contributed by atoms with Gasteiger partial charge in [0, 0.05) is 48.1 Å². The van der Waals surface area contributed by atoms with Crippen LogP contribution in [0.5, 0.6) is 0 Å². The van der Waals surface area contributed by atoms with E-state index >= 15 is 0 Å². The average molecular weight is 443 g/mol. The predicted octanol–water partition coefficient (Wildman–Crippen LogP) is 4.31. The molecular formula is C23H27F2N5O2. The Kier molecular flexibility index (Phi) is 5.12. The Labute approximate surface area is 184 Å². The lowest BCUT2D eigenvalue weighted by Crippen LogP contribution is -2.53. The summed E-state index contributed by atoms with van der Waals surface area (Å²) in [5.41, 5.74) is 0.227. The third-order valence-corrected chi connectivity index (χ3v) is 6.01. The lowest BCUT2D eigenvalue weighted by Gasteiger charge is -2.40. The molecule has 0 amide bonds. The number of hydrogen-bond donors (Lipinski definition) is 4. The Morgan fingerprint density at radius 2 is 2.06 bits per heavy atom. The highest BCUT2D eigenvalue weighted by Crippen LogP contribution is 2.38. The van der Waals surface area contributed by atoms with Crippen LogP contribution in [0.1, 0.15) is 45.2 Å². The molecule has 0 bridgehead atoms. The minimum Gasteiger partial charge on any atom is -0.481 e. The molecule has 0 saturated heterocycles. The number of amidine groups is 1. The molecule has 0 radical (unpaired) electrons. The topological polar surface area (TPSA) is 94.4 Å². The van der Waals surface area contributed by atoms with Crippen LogP contribution < -0.4 is 10.6 Å². The molecule has 3 aromatic rings. The van der Waals surface area contributed by atoms with Crippen LogP contribution in [0, 0.1) is 17.0 Å². The number of nitrogens with one attached hydrogen (secondary N) is 3. The van der Waals surface area contributed by atoms with Gasteiger partial charge in [-0.1, -0.05) is 20.8 Å². The van der Waals surface area contributed by atoms with Crippen molar-refractivity contribution in [2.24, 2.45) is 17.5 Å². The van der Waals surface area contributed by atoms with Gasteiger partial charge < -0.3 is 20.0 Å². The van der Waals surface area contributed by atoms with Crippen LogP contribution in [0.2, 0.25) is 0 Å². The average Bonchev–Trinajstić information content (AvgIpc) is 3.24. The summed E-state index contributed by atoms with van der Waals surface area (Å²) >= 11 is 0. The van der Waals surface area contributed by atoms with E-state index in [2.05, 4.69) is 15.6 Å². The highest BCUT2D eigenvalue weighted by atomic mass is 19.1. The molecule has 2 aromatic heterocycles. The molecule has 7 nitrogen and oxygen atoms in total. The molecule has 9 heteroatoms. The van der Waals surface area contributed by atoms with E-state index in [1.54, 1.807) is 6.20 Å². The number of carboxylic acids is 1. The van der Waals surface area contributed by atoms with Gasteiger partial charge in [0.1, 0.15) is 29.0 Å². The lowest BCUT2D eigenvalue weighted by molar-refractivity contribution is -0.138. The number of aryl methyl sites for hydroxylation is 1. The zero-order valence-electron chi connectivity index (χ0n) is 18.7. The minimum absolute atomic E-state index is 0.0803. The van der Waals surface area contributed by atoms with Crippen molar-refractivity contribution in [3.63, 3.8) is 0 Å². The summed E-state index contributed by atoms with van der Waals surface area (Å²) in [6.45, 7) is 7.79. The van der Waals surface area contributed by atoms with Crippen molar-refractivity contribution in [1.29, 1.82) is 0 Å². The first-order chi connectivity index (χ1) is 14.9. The van der Waals surface area contributed by atoms with Gasteiger partial charge in [0.05, 0.1) is 11.9 Å². The summed E-state index contributed by atoms with van der Waals surface area (Å²) in [4.78, 5) is 19.3. The molecule has 0 spiro atoms. The second-order valence-electron chi connectivity index (χ2n) is 9.52. The van der Waals surface area contributed by atoms with Crippen LogP contribution in [0.15, 0.2) is 35.6 Å². The minimum atomic E-state index is -0.972. The number of aliphatic carboxylic acids is 1. The van der Waals surface area contributed by atoms with Crippen LogP contribution >= 0.6 is 0 Å². The maximum atomic E-state index is 14.3. The fourth-order valence-corrected chi connectivity index (χ4v) is 4.18. The first-order valence-corrected chi connectivity index (χ1v) is 10.4. The first kappa shape index (κ1) is 22.0. The van der Waals surface area contributed by atoms with E-state index in [4.69, 9.17) is 4.99 Å². The van der Waals surface area contributed by atoms with Crippen molar-refractivity contribution >= 4 is 28.5 Å². The summed E-state index contributed by atoms with van der Waals surface area (Å²) < 4.78 is 30.1. The van der Waals surface area contributed by atoms with Crippen molar-refractivity contribution in [2.75, 3.05) is 5.32 Å². The number of hydrogen-bond acceptors (Lipinski definition) is 4. The number of rotatable bonds is 5. The predicted molar refractivity (Wildman–Crippen MR) is 120 cm³/mol. The molecule has 1 aliphatic rings. The number of nitrogens with zero attached hydrogens (tertiary/aromatic N) is 2. The monoisotopic (exact) mass is 443 g/mol. The van der Waals surface area contributed by atoms with Gasteiger partial charge in [-0.25, -0.2) is 13.8 Å². The Morgan fingerprint density at radius 1 is 1.34 bits per heavy atom. The molecule has 0 aliphatic carbocycles. The SMILES string of the molecule is Cn1ccc2c1NC(c1c[nH]c3c(F)cc(F)cc13)=NC2(C)NC(CC(=O)O)C(C)(C)C. The summed E-state index contributed by atoms with van der Waals surface area (Å²) in [6, 6.07) is 3.63. The molecule has 1 aromatic carbocycles. The summed E-state index contributed by atoms with van der Waals surface area (Å²) in [5.74, 6) is -1.08. The molecule has 1 aliphatic heterocycles. The van der Waals surface area contributed by atoms with E-state index in [1.165, 1.54) is 6.07 Å². The third-order valence-electron chi connectivity index (χ3n) is 6.01.